The molecule has 0 bridgehead atoms. The molecule has 0 aliphatic carbocycles. The monoisotopic (exact) mass is 480 g/mol. The van der Waals surface area contributed by atoms with Crippen LogP contribution in [0.3, 0.4) is 0 Å². The van der Waals surface area contributed by atoms with Gasteiger partial charge in [0.25, 0.3) is 0 Å². The number of rotatable bonds is 6. The van der Waals surface area contributed by atoms with Crippen molar-refractivity contribution < 1.29 is 9.59 Å². The van der Waals surface area contributed by atoms with Gasteiger partial charge in [0.2, 0.25) is 0 Å². The number of primary amides is 1. The van der Waals surface area contributed by atoms with Gasteiger partial charge >= 0.3 is 6.03 Å². The van der Waals surface area contributed by atoms with E-state index in [1.54, 1.807) is 4.90 Å². The minimum Gasteiger partial charge on any atom is -0.363 e. The third-order valence-corrected chi connectivity index (χ3v) is 7.42. The van der Waals surface area contributed by atoms with Gasteiger partial charge in [-0.1, -0.05) is 53.6 Å². The average molecular weight is 481 g/mol. The SMILES string of the molecule is Cc1ccc(C(c2ccc(Cl)cc2)N2CCN(C(=C=O)CC3CCN(C(N)=O)CC3)CC2)cc1. The Kier molecular flexibility index (Phi) is 7.94. The number of carbonyl (C=O) groups excluding carboxylic acids is 2. The Morgan fingerprint density at radius 1 is 0.941 bits per heavy atom. The van der Waals surface area contributed by atoms with Crippen molar-refractivity contribution >= 4 is 23.6 Å². The Morgan fingerprint density at radius 3 is 2.03 bits per heavy atom. The number of likely N-dealkylation sites (tertiary alicyclic amines) is 1. The van der Waals surface area contributed by atoms with Crippen LogP contribution in [0, 0.1) is 12.8 Å². The molecule has 2 aromatic carbocycles. The highest BCUT2D eigenvalue weighted by atomic mass is 35.5. The van der Waals surface area contributed by atoms with E-state index < -0.39 is 0 Å². The van der Waals surface area contributed by atoms with E-state index in [-0.39, 0.29) is 12.1 Å². The summed E-state index contributed by atoms with van der Waals surface area (Å²) < 4.78 is 0. The molecule has 2 N–H and O–H groups in total. The number of halogens is 1. The zero-order chi connectivity index (χ0) is 24.1. The van der Waals surface area contributed by atoms with Gasteiger partial charge in [0.1, 0.15) is 5.94 Å². The molecule has 2 saturated heterocycles. The summed E-state index contributed by atoms with van der Waals surface area (Å²) in [6.07, 6.45) is 2.47. The number of piperazine rings is 1. The van der Waals surface area contributed by atoms with Crippen LogP contribution in [-0.4, -0.2) is 65.9 Å². The van der Waals surface area contributed by atoms with Crippen LogP contribution in [0.2, 0.25) is 5.02 Å². The Hall–Kier alpha value is -2.79. The molecule has 1 atom stereocenters. The smallest absolute Gasteiger partial charge is 0.314 e. The summed E-state index contributed by atoms with van der Waals surface area (Å²) in [6, 6.07) is 16.6. The molecule has 34 heavy (non-hydrogen) atoms. The van der Waals surface area contributed by atoms with E-state index in [0.29, 0.717) is 25.4 Å². The Morgan fingerprint density at radius 2 is 1.50 bits per heavy atom. The normalized spacial score (nSPS) is 18.4. The van der Waals surface area contributed by atoms with E-state index in [1.807, 2.05) is 12.1 Å². The van der Waals surface area contributed by atoms with Gasteiger partial charge < -0.3 is 15.5 Å². The van der Waals surface area contributed by atoms with Gasteiger partial charge in [0.15, 0.2) is 0 Å². The third kappa shape index (κ3) is 5.82. The number of nitrogens with zero attached hydrogens (tertiary/aromatic N) is 3. The van der Waals surface area contributed by atoms with Gasteiger partial charge in [-0.25, -0.2) is 9.59 Å². The number of hydrogen-bond acceptors (Lipinski definition) is 4. The van der Waals surface area contributed by atoms with Crippen LogP contribution in [-0.2, 0) is 4.79 Å². The molecule has 2 aromatic rings. The van der Waals surface area contributed by atoms with Gasteiger partial charge in [-0.3, -0.25) is 4.90 Å². The van der Waals surface area contributed by atoms with Crippen LogP contribution in [0.5, 0.6) is 0 Å². The molecule has 2 aliphatic heterocycles. The molecule has 4 rings (SSSR count). The first kappa shape index (κ1) is 24.3. The molecule has 2 fully saturated rings. The van der Waals surface area contributed by atoms with Gasteiger partial charge in [0.05, 0.1) is 11.7 Å². The van der Waals surface area contributed by atoms with Gasteiger partial charge in [-0.05, 0) is 48.9 Å². The van der Waals surface area contributed by atoms with Crippen molar-refractivity contribution in [2.75, 3.05) is 39.3 Å². The van der Waals surface area contributed by atoms with Crippen LogP contribution in [0.4, 0.5) is 4.79 Å². The molecule has 7 heteroatoms. The van der Waals surface area contributed by atoms with Crippen molar-refractivity contribution in [3.8, 4) is 0 Å². The standard InChI is InChI=1S/C27H33ClN4O2/c1-20-2-4-22(5-3-20)26(23-6-8-24(28)9-7-23)31-16-14-30(15-17-31)25(19-33)18-21-10-12-32(13-11-21)27(29)34/h2-9,21,26H,10-18H2,1H3,(H2,29,34). The first-order valence-corrected chi connectivity index (χ1v) is 12.4. The quantitative estimate of drug-likeness (QED) is 0.627. The number of urea groups is 1. The zero-order valence-corrected chi connectivity index (χ0v) is 20.5. The van der Waals surface area contributed by atoms with E-state index >= 15 is 0 Å². The van der Waals surface area contributed by atoms with E-state index in [2.05, 4.69) is 59.1 Å². The molecule has 2 aliphatic rings. The fraction of sp³-hybridized carbons (Fsp3) is 0.444. The van der Waals surface area contributed by atoms with Crippen molar-refractivity contribution in [3.63, 3.8) is 0 Å². The molecule has 1 unspecified atom stereocenters. The van der Waals surface area contributed by atoms with Crippen molar-refractivity contribution in [1.29, 1.82) is 0 Å². The lowest BCUT2D eigenvalue weighted by Crippen LogP contribution is -2.48. The van der Waals surface area contributed by atoms with Gasteiger partial charge in [0, 0.05) is 50.7 Å². The van der Waals surface area contributed by atoms with Crippen molar-refractivity contribution in [3.05, 3.63) is 75.9 Å². The highest BCUT2D eigenvalue weighted by molar-refractivity contribution is 6.30. The highest BCUT2D eigenvalue weighted by Crippen LogP contribution is 2.32. The molecule has 180 valence electrons. The van der Waals surface area contributed by atoms with Crippen LogP contribution in [0.1, 0.15) is 42.0 Å². The van der Waals surface area contributed by atoms with Crippen molar-refractivity contribution in [2.45, 2.75) is 32.2 Å². The van der Waals surface area contributed by atoms with Crippen LogP contribution in [0.15, 0.2) is 54.2 Å². The molecule has 2 amide bonds. The molecular weight excluding hydrogens is 448 g/mol. The topological polar surface area (TPSA) is 69.9 Å². The summed E-state index contributed by atoms with van der Waals surface area (Å²) in [5, 5.41) is 0.735. The first-order chi connectivity index (χ1) is 16.4. The largest absolute Gasteiger partial charge is 0.363 e. The summed E-state index contributed by atoms with van der Waals surface area (Å²) in [5.41, 5.74) is 9.87. The fourth-order valence-electron chi connectivity index (χ4n) is 5.12. The van der Waals surface area contributed by atoms with Crippen LogP contribution < -0.4 is 5.73 Å². The zero-order valence-electron chi connectivity index (χ0n) is 19.8. The van der Waals surface area contributed by atoms with Gasteiger partial charge in [-0.15, -0.1) is 0 Å². The lowest BCUT2D eigenvalue weighted by molar-refractivity contribution is 0.124. The molecule has 6 nitrogen and oxygen atoms in total. The first-order valence-electron chi connectivity index (χ1n) is 12.0. The Bertz CT molecular complexity index is 972. The van der Waals surface area contributed by atoms with E-state index in [0.717, 1.165) is 49.7 Å². The number of amides is 2. The maximum atomic E-state index is 11.9. The second-order valence-corrected chi connectivity index (χ2v) is 9.85. The lowest BCUT2D eigenvalue weighted by Gasteiger charge is -2.41. The minimum absolute atomic E-state index is 0.141. The predicted molar refractivity (Wildman–Crippen MR) is 135 cm³/mol. The Labute approximate surface area is 207 Å². The van der Waals surface area contributed by atoms with Crippen LogP contribution >= 0.6 is 11.6 Å². The number of hydrogen-bond donors (Lipinski definition) is 1. The maximum Gasteiger partial charge on any atom is 0.314 e. The molecule has 2 heterocycles. The molecule has 0 aromatic heterocycles. The van der Waals surface area contributed by atoms with Crippen LogP contribution in [0.25, 0.3) is 0 Å². The average Bonchev–Trinajstić information content (AvgIpc) is 2.86. The third-order valence-electron chi connectivity index (χ3n) is 7.17. The number of allylic oxidation sites excluding steroid dienone is 1. The molecule has 0 radical (unpaired) electrons. The molecule has 0 saturated carbocycles. The Balaban J connectivity index is 1.42. The number of piperidine rings is 1. The summed E-state index contributed by atoms with van der Waals surface area (Å²) in [4.78, 5) is 29.6. The summed E-state index contributed by atoms with van der Waals surface area (Å²) in [6.45, 7) is 6.73. The predicted octanol–water partition coefficient (Wildman–Crippen LogP) is 4.25. The number of carbonyl (C=O) groups is 1. The van der Waals surface area contributed by atoms with E-state index in [1.165, 1.54) is 16.7 Å². The molecular formula is C27H33ClN4O2. The van der Waals surface area contributed by atoms with E-state index in [4.69, 9.17) is 17.3 Å². The minimum atomic E-state index is -0.357. The maximum absolute atomic E-state index is 11.9. The number of nitrogens with two attached hydrogens (primary N) is 1. The number of aryl methyl sites for hydroxylation is 1. The second-order valence-electron chi connectivity index (χ2n) is 9.41. The second kappa shape index (κ2) is 11.1. The summed E-state index contributed by atoms with van der Waals surface area (Å²) in [7, 11) is 0. The highest BCUT2D eigenvalue weighted by Gasteiger charge is 2.29. The fourth-order valence-corrected chi connectivity index (χ4v) is 5.25. The van der Waals surface area contributed by atoms with Crippen molar-refractivity contribution in [1.82, 2.24) is 14.7 Å². The van der Waals surface area contributed by atoms with Crippen molar-refractivity contribution in [2.24, 2.45) is 11.7 Å². The van der Waals surface area contributed by atoms with Gasteiger partial charge in [-0.2, -0.15) is 0 Å². The lowest BCUT2D eigenvalue weighted by atomic mass is 9.92. The van der Waals surface area contributed by atoms with E-state index in [9.17, 15) is 9.59 Å². The summed E-state index contributed by atoms with van der Waals surface area (Å²) >= 11 is 6.16. The summed E-state index contributed by atoms with van der Waals surface area (Å²) in [5.74, 6) is 2.62. The number of benzene rings is 2. The molecule has 0 spiro atoms.